The van der Waals surface area contributed by atoms with Crippen LogP contribution in [0, 0.1) is 0 Å². The number of rotatable bonds is 3. The molecule has 0 radical (unpaired) electrons. The molecular weight excluding hydrogens is 332 g/mol. The van der Waals surface area contributed by atoms with Crippen LogP contribution in [0.15, 0.2) is 71.7 Å². The Morgan fingerprint density at radius 1 is 0.923 bits per heavy atom. The highest BCUT2D eigenvalue weighted by Gasteiger charge is 2.10. The van der Waals surface area contributed by atoms with Crippen LogP contribution in [0.3, 0.4) is 0 Å². The highest BCUT2D eigenvalue weighted by Crippen LogP contribution is 2.26. The fraction of sp³-hybridized carbons (Fsp3) is 0. The molecule has 0 aliphatic rings. The standard InChI is InChI=1S/C19H14N4O3/c24-15-9-5-13(6-10-15)12-3-7-14(8-4-12)21-17-16-2-1-11-20-18(16)23(26)19(25)22-17/h1-11,24,26H,(H,21,22,25). The number of hydrogen-bond acceptors (Lipinski definition) is 6. The third-order valence-electron chi connectivity index (χ3n) is 3.98. The van der Waals surface area contributed by atoms with Crippen LogP contribution in [-0.2, 0) is 0 Å². The van der Waals surface area contributed by atoms with Crippen molar-refractivity contribution in [2.75, 3.05) is 5.32 Å². The molecule has 7 nitrogen and oxygen atoms in total. The summed E-state index contributed by atoms with van der Waals surface area (Å²) in [6.45, 7) is 0. The van der Waals surface area contributed by atoms with Gasteiger partial charge in [-0.1, -0.05) is 24.3 Å². The van der Waals surface area contributed by atoms with Crippen molar-refractivity contribution in [3.05, 3.63) is 77.3 Å². The molecule has 0 aliphatic carbocycles. The van der Waals surface area contributed by atoms with E-state index in [4.69, 9.17) is 0 Å². The van der Waals surface area contributed by atoms with E-state index < -0.39 is 5.69 Å². The number of phenols is 1. The van der Waals surface area contributed by atoms with Crippen molar-refractivity contribution in [1.82, 2.24) is 14.7 Å². The number of nitrogens with zero attached hydrogens (tertiary/aromatic N) is 3. The molecule has 0 fully saturated rings. The Bertz CT molecular complexity index is 1140. The van der Waals surface area contributed by atoms with E-state index in [1.54, 1.807) is 24.3 Å². The average Bonchev–Trinajstić information content (AvgIpc) is 2.67. The van der Waals surface area contributed by atoms with E-state index in [-0.39, 0.29) is 11.4 Å². The Morgan fingerprint density at radius 3 is 2.27 bits per heavy atom. The minimum Gasteiger partial charge on any atom is -0.508 e. The molecule has 3 N–H and O–H groups in total. The van der Waals surface area contributed by atoms with Gasteiger partial charge in [-0.05, 0) is 47.5 Å². The molecule has 4 aromatic rings. The van der Waals surface area contributed by atoms with Crippen molar-refractivity contribution in [3.8, 4) is 16.9 Å². The van der Waals surface area contributed by atoms with E-state index in [1.807, 2.05) is 36.4 Å². The van der Waals surface area contributed by atoms with Crippen LogP contribution < -0.4 is 11.0 Å². The van der Waals surface area contributed by atoms with E-state index >= 15 is 0 Å². The van der Waals surface area contributed by atoms with Gasteiger partial charge in [-0.2, -0.15) is 4.98 Å². The normalized spacial score (nSPS) is 10.8. The zero-order valence-corrected chi connectivity index (χ0v) is 13.5. The van der Waals surface area contributed by atoms with Crippen molar-refractivity contribution in [2.45, 2.75) is 0 Å². The van der Waals surface area contributed by atoms with Gasteiger partial charge in [-0.3, -0.25) is 0 Å². The summed E-state index contributed by atoms with van der Waals surface area (Å²) in [6.07, 6.45) is 1.49. The van der Waals surface area contributed by atoms with Crippen LogP contribution >= 0.6 is 0 Å². The van der Waals surface area contributed by atoms with Crippen molar-refractivity contribution in [3.63, 3.8) is 0 Å². The molecule has 0 spiro atoms. The summed E-state index contributed by atoms with van der Waals surface area (Å²) in [6, 6.07) is 17.9. The Balaban J connectivity index is 1.68. The number of benzene rings is 2. The topological polar surface area (TPSA) is 100 Å². The van der Waals surface area contributed by atoms with Crippen LogP contribution in [0.2, 0.25) is 0 Å². The lowest BCUT2D eigenvalue weighted by atomic mass is 10.1. The highest BCUT2D eigenvalue weighted by atomic mass is 16.5. The van der Waals surface area contributed by atoms with Crippen LogP contribution in [0.1, 0.15) is 0 Å². The van der Waals surface area contributed by atoms with Gasteiger partial charge in [0, 0.05) is 11.9 Å². The molecule has 0 saturated carbocycles. The zero-order valence-electron chi connectivity index (χ0n) is 13.5. The largest absolute Gasteiger partial charge is 0.508 e. The predicted molar refractivity (Wildman–Crippen MR) is 97.8 cm³/mol. The summed E-state index contributed by atoms with van der Waals surface area (Å²) in [5.41, 5.74) is 2.03. The molecule has 2 aromatic carbocycles. The van der Waals surface area contributed by atoms with Gasteiger partial charge >= 0.3 is 5.69 Å². The molecule has 26 heavy (non-hydrogen) atoms. The maximum absolute atomic E-state index is 11.8. The van der Waals surface area contributed by atoms with Gasteiger partial charge in [0.1, 0.15) is 11.6 Å². The number of aromatic hydroxyl groups is 1. The first-order chi connectivity index (χ1) is 12.6. The first-order valence-corrected chi connectivity index (χ1v) is 7.85. The van der Waals surface area contributed by atoms with Crippen LogP contribution in [0.5, 0.6) is 5.75 Å². The van der Waals surface area contributed by atoms with E-state index in [1.165, 1.54) is 6.20 Å². The van der Waals surface area contributed by atoms with Crippen molar-refractivity contribution < 1.29 is 10.3 Å². The highest BCUT2D eigenvalue weighted by molar-refractivity contribution is 5.88. The van der Waals surface area contributed by atoms with Gasteiger partial charge in [0.05, 0.1) is 5.39 Å². The minimum absolute atomic E-state index is 0.135. The molecule has 7 heteroatoms. The van der Waals surface area contributed by atoms with E-state index in [2.05, 4.69) is 15.3 Å². The van der Waals surface area contributed by atoms with Crippen LogP contribution in [0.4, 0.5) is 11.5 Å². The summed E-state index contributed by atoms with van der Waals surface area (Å²) in [5.74, 6) is 0.540. The fourth-order valence-electron chi connectivity index (χ4n) is 2.68. The molecule has 2 heterocycles. The smallest absolute Gasteiger partial charge is 0.384 e. The average molecular weight is 346 g/mol. The van der Waals surface area contributed by atoms with Gasteiger partial charge < -0.3 is 15.6 Å². The lowest BCUT2D eigenvalue weighted by Gasteiger charge is -2.10. The van der Waals surface area contributed by atoms with Crippen LogP contribution in [-0.4, -0.2) is 25.0 Å². The molecule has 0 saturated heterocycles. The third kappa shape index (κ3) is 2.82. The van der Waals surface area contributed by atoms with Gasteiger partial charge in [0.2, 0.25) is 0 Å². The number of pyridine rings is 1. The Labute approximate surface area is 147 Å². The molecule has 4 rings (SSSR count). The van der Waals surface area contributed by atoms with Gasteiger partial charge in [-0.25, -0.2) is 9.78 Å². The van der Waals surface area contributed by atoms with Gasteiger partial charge in [0.15, 0.2) is 5.65 Å². The zero-order chi connectivity index (χ0) is 18.1. The number of anilines is 2. The number of aromatic nitrogens is 3. The first kappa shape index (κ1) is 15.6. The summed E-state index contributed by atoms with van der Waals surface area (Å²) < 4.78 is 0.425. The summed E-state index contributed by atoms with van der Waals surface area (Å²) in [5, 5.41) is 22.7. The molecule has 0 amide bonds. The summed E-state index contributed by atoms with van der Waals surface area (Å²) in [7, 11) is 0. The predicted octanol–water partition coefficient (Wildman–Crippen LogP) is 3.15. The van der Waals surface area contributed by atoms with E-state index in [9.17, 15) is 15.1 Å². The Morgan fingerprint density at radius 2 is 1.58 bits per heavy atom. The van der Waals surface area contributed by atoms with Gasteiger partial charge in [-0.15, -0.1) is 4.73 Å². The second-order valence-electron chi connectivity index (χ2n) is 5.68. The number of hydrogen-bond donors (Lipinski definition) is 3. The minimum atomic E-state index is -0.806. The lowest BCUT2D eigenvalue weighted by molar-refractivity contribution is 0.182. The summed E-state index contributed by atoms with van der Waals surface area (Å²) >= 11 is 0. The SMILES string of the molecule is O=c1nc(Nc2ccc(-c3ccc(O)cc3)cc2)c2cccnc2n1O. The molecule has 0 aliphatic heterocycles. The number of phenolic OH excluding ortho intramolecular Hbond substituents is 1. The number of fused-ring (bicyclic) bond motifs is 1. The van der Waals surface area contributed by atoms with Crippen molar-refractivity contribution in [2.24, 2.45) is 0 Å². The lowest BCUT2D eigenvalue weighted by Crippen LogP contribution is -2.23. The second-order valence-corrected chi connectivity index (χ2v) is 5.68. The molecule has 0 atom stereocenters. The first-order valence-electron chi connectivity index (χ1n) is 7.85. The van der Waals surface area contributed by atoms with Crippen molar-refractivity contribution >= 4 is 22.5 Å². The number of nitrogens with one attached hydrogen (secondary N) is 1. The Kier molecular flexibility index (Phi) is 3.74. The fourth-order valence-corrected chi connectivity index (χ4v) is 2.68. The molecule has 128 valence electrons. The second kappa shape index (κ2) is 6.21. The van der Waals surface area contributed by atoms with E-state index in [0.717, 1.165) is 16.8 Å². The molecule has 0 unspecified atom stereocenters. The maximum atomic E-state index is 11.8. The van der Waals surface area contributed by atoms with Crippen molar-refractivity contribution in [1.29, 1.82) is 0 Å². The third-order valence-corrected chi connectivity index (χ3v) is 3.98. The molecular formula is C19H14N4O3. The quantitative estimate of drug-likeness (QED) is 0.493. The molecule has 0 bridgehead atoms. The van der Waals surface area contributed by atoms with Crippen LogP contribution in [0.25, 0.3) is 22.2 Å². The Hall–Kier alpha value is -3.87. The van der Waals surface area contributed by atoms with Gasteiger partial charge in [0.25, 0.3) is 0 Å². The van der Waals surface area contributed by atoms with E-state index in [0.29, 0.717) is 15.9 Å². The summed E-state index contributed by atoms with van der Waals surface area (Å²) in [4.78, 5) is 19.7. The molecule has 2 aromatic heterocycles. The maximum Gasteiger partial charge on any atom is 0.384 e. The monoisotopic (exact) mass is 346 g/mol.